The van der Waals surface area contributed by atoms with Gasteiger partial charge in [0.15, 0.2) is 6.39 Å². The summed E-state index contributed by atoms with van der Waals surface area (Å²) in [5.74, 6) is -0.554. The summed E-state index contributed by atoms with van der Waals surface area (Å²) in [6.07, 6.45) is 2.49. The number of nitrogens with zero attached hydrogens (tertiary/aromatic N) is 1. The Bertz CT molecular complexity index is 232. The van der Waals surface area contributed by atoms with Crippen LogP contribution < -0.4 is 5.73 Å². The lowest BCUT2D eigenvalue weighted by atomic mass is 10.2. The van der Waals surface area contributed by atoms with Crippen molar-refractivity contribution in [2.45, 2.75) is 12.5 Å². The number of carbonyl (C=O) groups is 1. The maximum Gasteiger partial charge on any atom is 0.305 e. The van der Waals surface area contributed by atoms with Crippen LogP contribution in [-0.2, 0) is 4.79 Å². The molecule has 0 aliphatic rings. The van der Waals surface area contributed by atoms with Crippen molar-refractivity contribution in [2.75, 3.05) is 0 Å². The predicted octanol–water partition coefficient (Wildman–Crippen LogP) is 0.149. The van der Waals surface area contributed by atoms with E-state index in [4.69, 9.17) is 15.3 Å². The summed E-state index contributed by atoms with van der Waals surface area (Å²) in [4.78, 5) is 13.8. The number of oxazole rings is 1. The number of hydrogen-bond acceptors (Lipinski definition) is 4. The maximum absolute atomic E-state index is 10.2. The molecule has 0 saturated heterocycles. The molecule has 3 N–H and O–H groups in total. The number of carboxylic acid groups (broad SMARTS) is 1. The van der Waals surface area contributed by atoms with Crippen molar-refractivity contribution in [2.24, 2.45) is 5.73 Å². The molecule has 0 radical (unpaired) electrons. The smallest absolute Gasteiger partial charge is 0.305 e. The molecule has 1 unspecified atom stereocenters. The Morgan fingerprint density at radius 2 is 2.64 bits per heavy atom. The zero-order chi connectivity index (χ0) is 8.27. The topological polar surface area (TPSA) is 89.4 Å². The van der Waals surface area contributed by atoms with Gasteiger partial charge in [-0.25, -0.2) is 4.98 Å². The number of rotatable bonds is 3. The summed E-state index contributed by atoms with van der Waals surface area (Å²) >= 11 is 0. The van der Waals surface area contributed by atoms with Crippen molar-refractivity contribution in [3.05, 3.63) is 18.4 Å². The van der Waals surface area contributed by atoms with Crippen LogP contribution >= 0.6 is 0 Å². The molecule has 5 heteroatoms. The van der Waals surface area contributed by atoms with Gasteiger partial charge in [0, 0.05) is 0 Å². The normalized spacial score (nSPS) is 12.8. The zero-order valence-corrected chi connectivity index (χ0v) is 5.73. The van der Waals surface area contributed by atoms with Crippen LogP contribution in [0.15, 0.2) is 17.0 Å². The summed E-state index contributed by atoms with van der Waals surface area (Å²) in [6, 6.07) is -0.602. The number of aliphatic carboxylic acids is 1. The van der Waals surface area contributed by atoms with Gasteiger partial charge in [-0.2, -0.15) is 0 Å². The van der Waals surface area contributed by atoms with Crippen LogP contribution in [0.25, 0.3) is 0 Å². The average molecular weight is 156 g/mol. The van der Waals surface area contributed by atoms with Crippen molar-refractivity contribution < 1.29 is 14.3 Å². The number of nitrogens with two attached hydrogens (primary N) is 1. The van der Waals surface area contributed by atoms with Gasteiger partial charge in [-0.15, -0.1) is 0 Å². The quantitative estimate of drug-likeness (QED) is 0.650. The van der Waals surface area contributed by atoms with E-state index in [1.807, 2.05) is 0 Å². The molecule has 0 fully saturated rings. The van der Waals surface area contributed by atoms with Crippen LogP contribution in [0.2, 0.25) is 0 Å². The molecule has 0 aromatic carbocycles. The Labute approximate surface area is 62.8 Å². The van der Waals surface area contributed by atoms with E-state index in [0.29, 0.717) is 5.76 Å². The molecule has 1 rings (SSSR count). The second-order valence-electron chi connectivity index (χ2n) is 2.11. The highest BCUT2D eigenvalue weighted by molar-refractivity contribution is 5.67. The van der Waals surface area contributed by atoms with E-state index in [9.17, 15) is 4.79 Å². The van der Waals surface area contributed by atoms with E-state index < -0.39 is 12.0 Å². The first kappa shape index (κ1) is 7.74. The second-order valence-corrected chi connectivity index (χ2v) is 2.11. The number of aromatic nitrogens is 1. The third-order valence-corrected chi connectivity index (χ3v) is 1.21. The van der Waals surface area contributed by atoms with Crippen LogP contribution in [0.4, 0.5) is 0 Å². The van der Waals surface area contributed by atoms with Gasteiger partial charge in [0.25, 0.3) is 0 Å². The predicted molar refractivity (Wildman–Crippen MR) is 35.7 cm³/mol. The minimum atomic E-state index is -0.950. The van der Waals surface area contributed by atoms with E-state index in [-0.39, 0.29) is 6.42 Å². The van der Waals surface area contributed by atoms with Crippen LogP contribution in [0.1, 0.15) is 18.2 Å². The summed E-state index contributed by atoms with van der Waals surface area (Å²) in [5, 5.41) is 8.34. The highest BCUT2D eigenvalue weighted by Crippen LogP contribution is 2.11. The summed E-state index contributed by atoms with van der Waals surface area (Å²) in [5.41, 5.74) is 5.43. The summed E-state index contributed by atoms with van der Waals surface area (Å²) < 4.78 is 4.80. The molecule has 60 valence electrons. The minimum absolute atomic E-state index is 0.144. The first-order chi connectivity index (χ1) is 5.20. The number of hydrogen-bond donors (Lipinski definition) is 2. The molecule has 0 saturated carbocycles. The molecule has 1 atom stereocenters. The van der Waals surface area contributed by atoms with E-state index >= 15 is 0 Å². The Hall–Kier alpha value is -1.36. The van der Waals surface area contributed by atoms with E-state index in [0.717, 1.165) is 0 Å². The van der Waals surface area contributed by atoms with Crippen LogP contribution in [0, 0.1) is 0 Å². The Balaban J connectivity index is 2.56. The van der Waals surface area contributed by atoms with Crippen molar-refractivity contribution in [1.29, 1.82) is 0 Å². The molecule has 1 heterocycles. The molecule has 1 aromatic heterocycles. The number of carboxylic acids is 1. The van der Waals surface area contributed by atoms with E-state index in [1.54, 1.807) is 0 Å². The van der Waals surface area contributed by atoms with Crippen LogP contribution in [0.3, 0.4) is 0 Å². The summed E-state index contributed by atoms with van der Waals surface area (Å²) in [6.45, 7) is 0. The van der Waals surface area contributed by atoms with Crippen molar-refractivity contribution >= 4 is 5.97 Å². The molecule has 1 aromatic rings. The van der Waals surface area contributed by atoms with Gasteiger partial charge in [-0.05, 0) is 0 Å². The average Bonchev–Trinajstić information content (AvgIpc) is 2.35. The molecular formula is C6H8N2O3. The zero-order valence-electron chi connectivity index (χ0n) is 5.73. The van der Waals surface area contributed by atoms with E-state index in [2.05, 4.69) is 4.98 Å². The van der Waals surface area contributed by atoms with E-state index in [1.165, 1.54) is 12.6 Å². The lowest BCUT2D eigenvalue weighted by Crippen LogP contribution is -2.14. The fourth-order valence-electron chi connectivity index (χ4n) is 0.697. The Kier molecular flexibility index (Phi) is 2.22. The maximum atomic E-state index is 10.2. The monoisotopic (exact) mass is 156 g/mol. The second kappa shape index (κ2) is 3.16. The molecular weight excluding hydrogens is 148 g/mol. The molecule has 0 spiro atoms. The molecule has 11 heavy (non-hydrogen) atoms. The van der Waals surface area contributed by atoms with Gasteiger partial charge < -0.3 is 15.3 Å². The highest BCUT2D eigenvalue weighted by atomic mass is 16.4. The molecule has 0 bridgehead atoms. The van der Waals surface area contributed by atoms with Gasteiger partial charge >= 0.3 is 5.97 Å². The van der Waals surface area contributed by atoms with Crippen molar-refractivity contribution in [3.8, 4) is 0 Å². The van der Waals surface area contributed by atoms with Crippen LogP contribution in [-0.4, -0.2) is 16.1 Å². The first-order valence-corrected chi connectivity index (χ1v) is 3.06. The van der Waals surface area contributed by atoms with Gasteiger partial charge in [-0.3, -0.25) is 4.79 Å². The van der Waals surface area contributed by atoms with Gasteiger partial charge in [0.1, 0.15) is 5.76 Å². The fraction of sp³-hybridized carbons (Fsp3) is 0.333. The molecule has 0 aliphatic heterocycles. The Morgan fingerprint density at radius 3 is 3.09 bits per heavy atom. The van der Waals surface area contributed by atoms with Gasteiger partial charge in [0.05, 0.1) is 18.7 Å². The lowest BCUT2D eigenvalue weighted by Gasteiger charge is -2.02. The molecule has 0 aliphatic carbocycles. The van der Waals surface area contributed by atoms with Gasteiger partial charge in [-0.1, -0.05) is 0 Å². The lowest BCUT2D eigenvalue weighted by molar-refractivity contribution is -0.137. The summed E-state index contributed by atoms with van der Waals surface area (Å²) in [7, 11) is 0. The largest absolute Gasteiger partial charge is 0.481 e. The molecule has 5 nitrogen and oxygen atoms in total. The highest BCUT2D eigenvalue weighted by Gasteiger charge is 2.12. The standard InChI is InChI=1S/C6H8N2O3/c7-4(1-6(9)10)5-2-8-3-11-5/h2-4H,1,7H2,(H,9,10). The van der Waals surface area contributed by atoms with Crippen LogP contribution in [0.5, 0.6) is 0 Å². The molecule has 0 amide bonds. The third-order valence-electron chi connectivity index (χ3n) is 1.21. The van der Waals surface area contributed by atoms with Crippen molar-refractivity contribution in [3.63, 3.8) is 0 Å². The van der Waals surface area contributed by atoms with Gasteiger partial charge in [0.2, 0.25) is 0 Å². The fourth-order valence-corrected chi connectivity index (χ4v) is 0.697. The first-order valence-electron chi connectivity index (χ1n) is 3.06. The minimum Gasteiger partial charge on any atom is -0.481 e. The SMILES string of the molecule is NC(CC(=O)O)c1cnco1. The Morgan fingerprint density at radius 1 is 1.91 bits per heavy atom. The third kappa shape index (κ3) is 2.05. The van der Waals surface area contributed by atoms with Crippen molar-refractivity contribution in [1.82, 2.24) is 4.98 Å².